The first-order valence-corrected chi connectivity index (χ1v) is 13.9. The van der Waals surface area contributed by atoms with Gasteiger partial charge in [0, 0.05) is 11.7 Å². The van der Waals surface area contributed by atoms with Crippen LogP contribution in [-0.2, 0) is 19.1 Å². The highest BCUT2D eigenvalue weighted by molar-refractivity contribution is 7.18. The number of ether oxygens (including phenoxy) is 3. The first-order chi connectivity index (χ1) is 17.8. The zero-order valence-electron chi connectivity index (χ0n) is 22.9. The molecule has 8 nitrogen and oxygen atoms in total. The molecule has 0 spiro atoms. The van der Waals surface area contributed by atoms with E-state index in [9.17, 15) is 14.4 Å². The van der Waals surface area contributed by atoms with E-state index < -0.39 is 24.5 Å². The van der Waals surface area contributed by atoms with Crippen LogP contribution in [0.15, 0.2) is 24.3 Å². The summed E-state index contributed by atoms with van der Waals surface area (Å²) in [5.41, 5.74) is 2.27. The van der Waals surface area contributed by atoms with Crippen LogP contribution in [0.1, 0.15) is 63.6 Å². The summed E-state index contributed by atoms with van der Waals surface area (Å²) in [5, 5.41) is 6.32. The van der Waals surface area contributed by atoms with Crippen LogP contribution in [0.4, 0.5) is 5.69 Å². The second-order valence-corrected chi connectivity index (χ2v) is 12.5. The maximum absolute atomic E-state index is 12.5. The van der Waals surface area contributed by atoms with Crippen LogP contribution in [-0.4, -0.2) is 50.8 Å². The van der Waals surface area contributed by atoms with Crippen LogP contribution < -0.4 is 15.4 Å². The van der Waals surface area contributed by atoms with Gasteiger partial charge in [-0.2, -0.15) is 0 Å². The fourth-order valence-electron chi connectivity index (χ4n) is 5.44. The molecule has 38 heavy (non-hydrogen) atoms. The van der Waals surface area contributed by atoms with Gasteiger partial charge in [0.2, 0.25) is 0 Å². The molecule has 1 heterocycles. The Morgan fingerprint density at radius 2 is 1.82 bits per heavy atom. The van der Waals surface area contributed by atoms with Crippen molar-refractivity contribution in [1.82, 2.24) is 5.32 Å². The van der Waals surface area contributed by atoms with Gasteiger partial charge < -0.3 is 24.8 Å². The fourth-order valence-corrected chi connectivity index (χ4v) is 6.92. The van der Waals surface area contributed by atoms with Crippen molar-refractivity contribution >= 4 is 46.5 Å². The maximum atomic E-state index is 12.5. The van der Waals surface area contributed by atoms with Gasteiger partial charge >= 0.3 is 11.9 Å². The van der Waals surface area contributed by atoms with Crippen molar-refractivity contribution in [2.24, 2.45) is 10.8 Å². The van der Waals surface area contributed by atoms with Gasteiger partial charge in [-0.15, -0.1) is 11.3 Å². The molecule has 0 unspecified atom stereocenters. The Morgan fingerprint density at radius 1 is 1.13 bits per heavy atom. The zero-order chi connectivity index (χ0) is 28.1. The lowest BCUT2D eigenvalue weighted by Gasteiger charge is -2.45. The van der Waals surface area contributed by atoms with Gasteiger partial charge in [-0.1, -0.05) is 51.4 Å². The zero-order valence-corrected chi connectivity index (χ0v) is 24.4. The number of hydrogen-bond acceptors (Lipinski definition) is 8. The minimum Gasteiger partial charge on any atom is -0.480 e. The summed E-state index contributed by atoms with van der Waals surface area (Å²) in [5.74, 6) is -1.66. The Balaban J connectivity index is 1.80. The second-order valence-electron chi connectivity index (χ2n) is 11.1. The molecule has 2 aromatic rings. The van der Waals surface area contributed by atoms with E-state index in [2.05, 4.69) is 38.3 Å². The Hall–Kier alpha value is -2.78. The number of halogens is 1. The number of anilines is 1. The van der Waals surface area contributed by atoms with Crippen molar-refractivity contribution < 1.29 is 28.6 Å². The molecule has 1 aromatic carbocycles. The first kappa shape index (κ1) is 29.8. The molecular formula is C28H37ClN2O6S. The fraction of sp³-hybridized carbons (Fsp3) is 0.536. The average molecular weight is 565 g/mol. The molecule has 1 aliphatic carbocycles. The highest BCUT2D eigenvalue weighted by atomic mass is 35.5. The molecule has 0 radical (unpaired) electrons. The van der Waals surface area contributed by atoms with E-state index >= 15 is 0 Å². The van der Waals surface area contributed by atoms with Crippen LogP contribution >= 0.6 is 22.9 Å². The van der Waals surface area contributed by atoms with Gasteiger partial charge in [-0.3, -0.25) is 9.59 Å². The minimum absolute atomic E-state index is 0.0685. The molecule has 0 atom stereocenters. The summed E-state index contributed by atoms with van der Waals surface area (Å²) in [6.45, 7) is 10.4. The lowest BCUT2D eigenvalue weighted by Crippen LogP contribution is -2.40. The summed E-state index contributed by atoms with van der Waals surface area (Å²) >= 11 is 7.83. The van der Waals surface area contributed by atoms with Crippen molar-refractivity contribution in [3.63, 3.8) is 0 Å². The monoisotopic (exact) mass is 564 g/mol. The molecule has 0 bridgehead atoms. The number of hydrogen-bond donors (Lipinski definition) is 2. The predicted octanol–water partition coefficient (Wildman–Crippen LogP) is 5.93. The van der Waals surface area contributed by atoms with E-state index in [-0.39, 0.29) is 39.6 Å². The van der Waals surface area contributed by atoms with E-state index in [1.54, 1.807) is 6.92 Å². The molecule has 1 saturated carbocycles. The van der Waals surface area contributed by atoms with Crippen molar-refractivity contribution in [2.75, 3.05) is 32.2 Å². The number of benzene rings is 1. The quantitative estimate of drug-likeness (QED) is 0.345. The molecule has 3 rings (SSSR count). The Labute approximate surface area is 233 Å². The summed E-state index contributed by atoms with van der Waals surface area (Å²) in [4.78, 5) is 36.9. The van der Waals surface area contributed by atoms with Crippen molar-refractivity contribution in [2.45, 2.75) is 59.9 Å². The Bertz CT molecular complexity index is 1160. The SMILES string of the molecule is CCOC(=O)CNC(=O)COc1c(C(=O)OC)sc(-c2cccc(NC3CC(C)(C)CC(C)(C)C3)c2)c1Cl. The van der Waals surface area contributed by atoms with Crippen LogP contribution in [0.25, 0.3) is 10.4 Å². The number of methoxy groups -OCH3 is 1. The predicted molar refractivity (Wildman–Crippen MR) is 150 cm³/mol. The number of thiophene rings is 1. The number of esters is 2. The highest BCUT2D eigenvalue weighted by Crippen LogP contribution is 2.48. The molecular weight excluding hydrogens is 528 g/mol. The topological polar surface area (TPSA) is 103 Å². The number of carbonyl (C=O) groups is 3. The lowest BCUT2D eigenvalue weighted by molar-refractivity contribution is -0.143. The molecule has 0 aliphatic heterocycles. The third-order valence-corrected chi connectivity index (χ3v) is 7.99. The lowest BCUT2D eigenvalue weighted by atomic mass is 9.63. The van der Waals surface area contributed by atoms with Gasteiger partial charge in [0.1, 0.15) is 11.6 Å². The third-order valence-electron chi connectivity index (χ3n) is 6.31. The standard InChI is InChI=1S/C28H37ClN2O6S/c1-7-36-21(33)14-30-20(32)15-37-23-22(29)24(38-25(23)26(34)35-6)17-9-8-10-18(11-17)31-19-12-27(2,3)16-28(4,5)13-19/h8-11,19,31H,7,12-16H2,1-6H3,(H,30,32). The van der Waals surface area contributed by atoms with E-state index in [1.807, 2.05) is 24.3 Å². The molecule has 0 saturated heterocycles. The van der Waals surface area contributed by atoms with E-state index in [4.69, 9.17) is 25.8 Å². The Kier molecular flexibility index (Phi) is 9.70. The van der Waals surface area contributed by atoms with E-state index in [0.29, 0.717) is 10.9 Å². The third kappa shape index (κ3) is 7.86. The number of carbonyl (C=O) groups excluding carboxylic acids is 3. The van der Waals surface area contributed by atoms with Gasteiger partial charge in [-0.25, -0.2) is 4.79 Å². The second kappa shape index (κ2) is 12.4. The van der Waals surface area contributed by atoms with Crippen LogP contribution in [0, 0.1) is 10.8 Å². The summed E-state index contributed by atoms with van der Waals surface area (Å²) in [6.07, 6.45) is 3.33. The van der Waals surface area contributed by atoms with Crippen molar-refractivity contribution in [3.8, 4) is 16.2 Å². The molecule has 2 N–H and O–H groups in total. The van der Waals surface area contributed by atoms with E-state index in [1.165, 1.54) is 13.5 Å². The van der Waals surface area contributed by atoms with Gasteiger partial charge in [0.25, 0.3) is 5.91 Å². The molecule has 208 valence electrons. The largest absolute Gasteiger partial charge is 0.480 e. The van der Waals surface area contributed by atoms with Crippen molar-refractivity contribution in [3.05, 3.63) is 34.2 Å². The summed E-state index contributed by atoms with van der Waals surface area (Å²) in [6, 6.07) is 8.21. The molecule has 10 heteroatoms. The summed E-state index contributed by atoms with van der Waals surface area (Å²) < 4.78 is 15.3. The van der Waals surface area contributed by atoms with E-state index in [0.717, 1.165) is 35.4 Å². The highest BCUT2D eigenvalue weighted by Gasteiger charge is 2.38. The molecule has 1 aliphatic rings. The molecule has 1 fully saturated rings. The van der Waals surface area contributed by atoms with Crippen LogP contribution in [0.2, 0.25) is 5.02 Å². The van der Waals surface area contributed by atoms with Gasteiger partial charge in [-0.05, 0) is 54.7 Å². The smallest absolute Gasteiger partial charge is 0.351 e. The number of amides is 1. The average Bonchev–Trinajstić information content (AvgIpc) is 3.15. The van der Waals surface area contributed by atoms with Gasteiger partial charge in [0.15, 0.2) is 17.2 Å². The Morgan fingerprint density at radius 3 is 2.45 bits per heavy atom. The minimum atomic E-state index is -0.619. The number of nitrogens with one attached hydrogen (secondary N) is 2. The molecule has 1 aromatic heterocycles. The number of rotatable bonds is 10. The first-order valence-electron chi connectivity index (χ1n) is 12.7. The van der Waals surface area contributed by atoms with Gasteiger partial charge in [0.05, 0.1) is 18.6 Å². The normalized spacial score (nSPS) is 16.4. The van der Waals surface area contributed by atoms with Crippen LogP contribution in [0.3, 0.4) is 0 Å². The maximum Gasteiger partial charge on any atom is 0.351 e. The van der Waals surface area contributed by atoms with Crippen LogP contribution in [0.5, 0.6) is 5.75 Å². The summed E-state index contributed by atoms with van der Waals surface area (Å²) in [7, 11) is 1.27. The molecule has 1 amide bonds. The van der Waals surface area contributed by atoms with Crippen molar-refractivity contribution in [1.29, 1.82) is 0 Å².